The Morgan fingerprint density at radius 3 is 2.92 bits per heavy atom. The lowest BCUT2D eigenvalue weighted by Crippen LogP contribution is -2.36. The van der Waals surface area contributed by atoms with Gasteiger partial charge in [0, 0.05) is 17.6 Å². The molecule has 1 aliphatic heterocycles. The minimum absolute atomic E-state index is 0.242. The number of aromatic hydroxyl groups is 1. The van der Waals surface area contributed by atoms with Crippen molar-refractivity contribution in [1.29, 1.82) is 0 Å². The summed E-state index contributed by atoms with van der Waals surface area (Å²) in [4.78, 5) is 0. The number of nitrogens with one attached hydrogen (secondary N) is 1. The molecular formula is C11H13NO. The molecule has 0 saturated heterocycles. The van der Waals surface area contributed by atoms with E-state index in [0.29, 0.717) is 5.75 Å². The minimum Gasteiger partial charge on any atom is -0.508 e. The smallest absolute Gasteiger partial charge is 0.119 e. The second-order valence-electron chi connectivity index (χ2n) is 4.06. The quantitative estimate of drug-likeness (QED) is 0.626. The predicted molar refractivity (Wildman–Crippen MR) is 50.7 cm³/mol. The summed E-state index contributed by atoms with van der Waals surface area (Å²) >= 11 is 0. The van der Waals surface area contributed by atoms with Gasteiger partial charge >= 0.3 is 0 Å². The SMILES string of the molecule is Oc1cccc2c1CCNC21CC1. The molecule has 2 nitrogen and oxygen atoms in total. The molecule has 0 amide bonds. The van der Waals surface area contributed by atoms with Crippen LogP contribution in [0.15, 0.2) is 18.2 Å². The maximum absolute atomic E-state index is 9.69. The van der Waals surface area contributed by atoms with E-state index in [1.54, 1.807) is 6.07 Å². The molecule has 1 spiro atoms. The van der Waals surface area contributed by atoms with E-state index in [-0.39, 0.29) is 5.54 Å². The van der Waals surface area contributed by atoms with Gasteiger partial charge in [-0.3, -0.25) is 0 Å². The van der Waals surface area contributed by atoms with E-state index in [0.717, 1.165) is 13.0 Å². The first-order valence-corrected chi connectivity index (χ1v) is 4.88. The molecule has 1 heterocycles. The predicted octanol–water partition coefficient (Wildman–Crippen LogP) is 1.53. The fourth-order valence-corrected chi connectivity index (χ4v) is 2.38. The molecule has 2 N–H and O–H groups in total. The van der Waals surface area contributed by atoms with Gasteiger partial charge in [0.25, 0.3) is 0 Å². The Bertz CT molecular complexity index is 355. The van der Waals surface area contributed by atoms with E-state index in [4.69, 9.17) is 0 Å². The van der Waals surface area contributed by atoms with E-state index >= 15 is 0 Å². The Balaban J connectivity index is 2.19. The summed E-state index contributed by atoms with van der Waals surface area (Å²) in [6.45, 7) is 1.00. The molecule has 1 saturated carbocycles. The number of benzene rings is 1. The van der Waals surface area contributed by atoms with Crippen LogP contribution in [0.1, 0.15) is 24.0 Å². The molecule has 1 aliphatic carbocycles. The highest BCUT2D eigenvalue weighted by Gasteiger charge is 2.47. The summed E-state index contributed by atoms with van der Waals surface area (Å²) in [5.74, 6) is 0.477. The van der Waals surface area contributed by atoms with Crippen LogP contribution in [0.3, 0.4) is 0 Å². The van der Waals surface area contributed by atoms with Crippen LogP contribution < -0.4 is 5.32 Å². The lowest BCUT2D eigenvalue weighted by atomic mass is 9.92. The fourth-order valence-electron chi connectivity index (χ4n) is 2.38. The van der Waals surface area contributed by atoms with E-state index in [2.05, 4.69) is 11.4 Å². The maximum atomic E-state index is 9.69. The highest BCUT2D eigenvalue weighted by Crippen LogP contribution is 2.49. The Hall–Kier alpha value is -1.02. The fraction of sp³-hybridized carbons (Fsp3) is 0.455. The lowest BCUT2D eigenvalue weighted by Gasteiger charge is -2.27. The van der Waals surface area contributed by atoms with Gasteiger partial charge < -0.3 is 10.4 Å². The van der Waals surface area contributed by atoms with Crippen molar-refractivity contribution in [2.24, 2.45) is 0 Å². The van der Waals surface area contributed by atoms with Crippen LogP contribution in [0.4, 0.5) is 0 Å². The molecule has 0 unspecified atom stereocenters. The van der Waals surface area contributed by atoms with Crippen molar-refractivity contribution in [3.05, 3.63) is 29.3 Å². The van der Waals surface area contributed by atoms with Crippen LogP contribution in [-0.2, 0) is 12.0 Å². The molecular weight excluding hydrogens is 162 g/mol. The summed E-state index contributed by atoms with van der Waals surface area (Å²) in [6.07, 6.45) is 3.41. The normalized spacial score (nSPS) is 22.8. The third-order valence-electron chi connectivity index (χ3n) is 3.26. The molecule has 0 atom stereocenters. The van der Waals surface area contributed by atoms with Crippen molar-refractivity contribution in [2.45, 2.75) is 24.8 Å². The molecule has 0 bridgehead atoms. The zero-order valence-corrected chi connectivity index (χ0v) is 7.51. The van der Waals surface area contributed by atoms with Gasteiger partial charge in [-0.2, -0.15) is 0 Å². The Morgan fingerprint density at radius 2 is 2.15 bits per heavy atom. The van der Waals surface area contributed by atoms with Gasteiger partial charge in [0.15, 0.2) is 0 Å². The summed E-state index contributed by atoms with van der Waals surface area (Å²) in [7, 11) is 0. The zero-order chi connectivity index (χ0) is 8.89. The summed E-state index contributed by atoms with van der Waals surface area (Å²) < 4.78 is 0. The number of phenolic OH excluding ortho intramolecular Hbond substituents is 1. The van der Waals surface area contributed by atoms with Crippen molar-refractivity contribution in [3.63, 3.8) is 0 Å². The van der Waals surface area contributed by atoms with Gasteiger partial charge in [-0.05, 0) is 30.9 Å². The standard InChI is InChI=1S/C11H13NO/c13-10-3-1-2-9-8(10)4-7-12-11(9)5-6-11/h1-3,12-13H,4-7H2. The van der Waals surface area contributed by atoms with Crippen molar-refractivity contribution < 1.29 is 5.11 Å². The molecule has 1 aromatic rings. The van der Waals surface area contributed by atoms with Gasteiger partial charge in [-0.15, -0.1) is 0 Å². The van der Waals surface area contributed by atoms with E-state index in [1.165, 1.54) is 24.0 Å². The van der Waals surface area contributed by atoms with Crippen LogP contribution in [0.2, 0.25) is 0 Å². The van der Waals surface area contributed by atoms with Crippen LogP contribution in [0.5, 0.6) is 5.75 Å². The summed E-state index contributed by atoms with van der Waals surface area (Å²) in [5, 5.41) is 13.2. The van der Waals surface area contributed by atoms with Crippen LogP contribution >= 0.6 is 0 Å². The van der Waals surface area contributed by atoms with Gasteiger partial charge in [-0.25, -0.2) is 0 Å². The lowest BCUT2D eigenvalue weighted by molar-refractivity contribution is 0.439. The molecule has 1 aromatic carbocycles. The molecule has 3 rings (SSSR count). The number of phenols is 1. The highest BCUT2D eigenvalue weighted by atomic mass is 16.3. The molecule has 68 valence electrons. The van der Waals surface area contributed by atoms with Gasteiger partial charge in [0.2, 0.25) is 0 Å². The van der Waals surface area contributed by atoms with Crippen molar-refractivity contribution in [1.82, 2.24) is 5.32 Å². The van der Waals surface area contributed by atoms with E-state index in [1.807, 2.05) is 6.07 Å². The second-order valence-corrected chi connectivity index (χ2v) is 4.06. The Kier molecular flexibility index (Phi) is 1.29. The molecule has 0 aromatic heterocycles. The number of rotatable bonds is 0. The number of hydrogen-bond donors (Lipinski definition) is 2. The first kappa shape index (κ1) is 7.39. The van der Waals surface area contributed by atoms with Gasteiger partial charge in [0.05, 0.1) is 0 Å². The molecule has 13 heavy (non-hydrogen) atoms. The van der Waals surface area contributed by atoms with Crippen LogP contribution in [0, 0.1) is 0 Å². The van der Waals surface area contributed by atoms with Crippen LogP contribution in [0.25, 0.3) is 0 Å². The summed E-state index contributed by atoms with van der Waals surface area (Å²) in [5.41, 5.74) is 2.74. The molecule has 2 heteroatoms. The van der Waals surface area contributed by atoms with Crippen molar-refractivity contribution in [2.75, 3.05) is 6.54 Å². The first-order chi connectivity index (χ1) is 6.32. The highest BCUT2D eigenvalue weighted by molar-refractivity contribution is 5.47. The van der Waals surface area contributed by atoms with Gasteiger partial charge in [-0.1, -0.05) is 12.1 Å². The molecule has 0 radical (unpaired) electrons. The summed E-state index contributed by atoms with van der Waals surface area (Å²) in [6, 6.07) is 5.88. The van der Waals surface area contributed by atoms with Crippen molar-refractivity contribution >= 4 is 0 Å². The topological polar surface area (TPSA) is 32.3 Å². The largest absolute Gasteiger partial charge is 0.508 e. The molecule has 1 fully saturated rings. The average molecular weight is 175 g/mol. The van der Waals surface area contributed by atoms with E-state index < -0.39 is 0 Å². The minimum atomic E-state index is 0.242. The average Bonchev–Trinajstić information content (AvgIpc) is 2.89. The monoisotopic (exact) mass is 175 g/mol. The van der Waals surface area contributed by atoms with Crippen LogP contribution in [-0.4, -0.2) is 11.7 Å². The Morgan fingerprint density at radius 1 is 1.31 bits per heavy atom. The second kappa shape index (κ2) is 2.26. The van der Waals surface area contributed by atoms with E-state index in [9.17, 15) is 5.11 Å². The Labute approximate surface area is 77.6 Å². The van der Waals surface area contributed by atoms with Crippen molar-refractivity contribution in [3.8, 4) is 5.75 Å². The third kappa shape index (κ3) is 0.923. The van der Waals surface area contributed by atoms with Gasteiger partial charge in [0.1, 0.15) is 5.75 Å². The number of fused-ring (bicyclic) bond motifs is 2. The zero-order valence-electron chi connectivity index (χ0n) is 7.51. The maximum Gasteiger partial charge on any atom is 0.119 e. The number of hydrogen-bond acceptors (Lipinski definition) is 2. The third-order valence-corrected chi connectivity index (χ3v) is 3.26. The molecule has 2 aliphatic rings. The first-order valence-electron chi connectivity index (χ1n) is 4.88.